The lowest BCUT2D eigenvalue weighted by atomic mass is 10.0. The fraction of sp³-hybridized carbons (Fsp3) is 0.421. The number of amides is 2. The van der Waals surface area contributed by atoms with E-state index in [1.807, 2.05) is 23.1 Å². The molecule has 1 N–H and O–H groups in total. The molecule has 2 amide bonds. The topological polar surface area (TPSA) is 85.7 Å². The molecule has 7 nitrogen and oxygen atoms in total. The van der Waals surface area contributed by atoms with Crippen molar-refractivity contribution >= 4 is 23.4 Å². The van der Waals surface area contributed by atoms with Gasteiger partial charge in [-0.25, -0.2) is 9.18 Å². The molecule has 0 radical (unpaired) electrons. The molecule has 2 aliphatic rings. The van der Waals surface area contributed by atoms with Crippen LogP contribution in [0.3, 0.4) is 0 Å². The Morgan fingerprint density at radius 1 is 1.37 bits per heavy atom. The maximum Gasteiger partial charge on any atom is 0.414 e. The molecule has 0 spiro atoms. The second-order valence-electron chi connectivity index (χ2n) is 6.58. The smallest absolute Gasteiger partial charge is 0.414 e. The molecule has 142 valence electrons. The lowest BCUT2D eigenvalue weighted by Crippen LogP contribution is -2.37. The molecule has 1 aromatic rings. The number of benzene rings is 1. The molecular formula is C19H21FN4O3. The fourth-order valence-corrected chi connectivity index (χ4v) is 3.24. The number of rotatable bonds is 4. The van der Waals surface area contributed by atoms with E-state index in [1.54, 1.807) is 12.1 Å². The van der Waals surface area contributed by atoms with E-state index < -0.39 is 12.3 Å². The number of piperidine rings is 1. The monoisotopic (exact) mass is 372 g/mol. The predicted molar refractivity (Wildman–Crippen MR) is 98.2 cm³/mol. The molecule has 0 aliphatic carbocycles. The van der Waals surface area contributed by atoms with Crippen molar-refractivity contribution in [2.45, 2.75) is 25.6 Å². The Hall–Kier alpha value is -3.08. The summed E-state index contributed by atoms with van der Waals surface area (Å²) < 4.78 is 19.4. The second-order valence-corrected chi connectivity index (χ2v) is 6.58. The molecule has 1 aromatic carbocycles. The summed E-state index contributed by atoms with van der Waals surface area (Å²) in [6.07, 6.45) is -0.186. The van der Waals surface area contributed by atoms with Crippen molar-refractivity contribution in [3.63, 3.8) is 0 Å². The van der Waals surface area contributed by atoms with Crippen LogP contribution in [-0.2, 0) is 9.53 Å². The minimum Gasteiger partial charge on any atom is -0.442 e. The molecule has 8 heteroatoms. The van der Waals surface area contributed by atoms with Crippen LogP contribution in [0.15, 0.2) is 35.9 Å². The number of nitriles is 1. The lowest BCUT2D eigenvalue weighted by Gasteiger charge is -2.32. The number of hydrogen-bond acceptors (Lipinski definition) is 5. The average Bonchev–Trinajstić information content (AvgIpc) is 3.03. The predicted octanol–water partition coefficient (Wildman–Crippen LogP) is 2.15. The van der Waals surface area contributed by atoms with Gasteiger partial charge in [0, 0.05) is 30.9 Å². The van der Waals surface area contributed by atoms with Gasteiger partial charge in [-0.3, -0.25) is 9.69 Å². The van der Waals surface area contributed by atoms with Gasteiger partial charge in [-0.1, -0.05) is 0 Å². The number of allylic oxidation sites excluding steroid dienone is 1. The summed E-state index contributed by atoms with van der Waals surface area (Å²) in [6, 6.07) is 9.17. The third kappa shape index (κ3) is 4.37. The van der Waals surface area contributed by atoms with Gasteiger partial charge in [-0.2, -0.15) is 5.26 Å². The van der Waals surface area contributed by atoms with Crippen LogP contribution < -0.4 is 15.1 Å². The third-order valence-corrected chi connectivity index (χ3v) is 4.68. The zero-order valence-electron chi connectivity index (χ0n) is 15.0. The third-order valence-electron chi connectivity index (χ3n) is 4.68. The van der Waals surface area contributed by atoms with E-state index in [2.05, 4.69) is 5.32 Å². The summed E-state index contributed by atoms with van der Waals surface area (Å²) in [5.41, 5.74) is 2.09. The fourth-order valence-electron chi connectivity index (χ4n) is 3.24. The molecule has 2 fully saturated rings. The van der Waals surface area contributed by atoms with E-state index in [9.17, 15) is 14.0 Å². The Bertz CT molecular complexity index is 787. The lowest BCUT2D eigenvalue weighted by molar-refractivity contribution is -0.119. The van der Waals surface area contributed by atoms with Crippen LogP contribution >= 0.6 is 0 Å². The number of ether oxygens (including phenoxy) is 1. The molecule has 0 saturated carbocycles. The number of carbonyl (C=O) groups is 2. The van der Waals surface area contributed by atoms with Crippen molar-refractivity contribution in [1.29, 1.82) is 5.26 Å². The summed E-state index contributed by atoms with van der Waals surface area (Å²) in [5, 5.41) is 11.3. The van der Waals surface area contributed by atoms with E-state index in [4.69, 9.17) is 10.00 Å². The Balaban J connectivity index is 1.62. The number of halogens is 1. The average molecular weight is 372 g/mol. The Kier molecular flexibility index (Phi) is 5.60. The van der Waals surface area contributed by atoms with Crippen molar-refractivity contribution in [1.82, 2.24) is 5.32 Å². The molecular weight excluding hydrogens is 351 g/mol. The van der Waals surface area contributed by atoms with Crippen LogP contribution in [0.1, 0.15) is 13.3 Å². The van der Waals surface area contributed by atoms with Gasteiger partial charge in [0.15, 0.2) is 0 Å². The van der Waals surface area contributed by atoms with Crippen molar-refractivity contribution in [2.24, 2.45) is 0 Å². The number of hydrogen-bond donors (Lipinski definition) is 1. The molecule has 27 heavy (non-hydrogen) atoms. The molecule has 2 unspecified atom stereocenters. The molecule has 2 saturated heterocycles. The first-order valence-electron chi connectivity index (χ1n) is 8.78. The number of nitrogens with zero attached hydrogens (tertiary/aromatic N) is 3. The standard InChI is InChI=1S/C19H21FN4O3/c1-13(25)22-10-17-11-24(19(26)27-17)16-4-2-15(3-5-16)23-9-7-14(6-8-21)18(20)12-23/h2-6,17-18H,7,9-12H2,1H3,(H,22,25)/b14-6-. The van der Waals surface area contributed by atoms with Gasteiger partial charge < -0.3 is 15.0 Å². The van der Waals surface area contributed by atoms with Crippen LogP contribution in [0.25, 0.3) is 0 Å². The van der Waals surface area contributed by atoms with Crippen molar-refractivity contribution in [3.8, 4) is 6.07 Å². The summed E-state index contributed by atoms with van der Waals surface area (Å²) in [5.74, 6) is -0.172. The SMILES string of the molecule is CC(=O)NCC1CN(c2ccc(N3CC/C(=C/C#N)C(F)C3)cc2)C(=O)O1. The van der Waals surface area contributed by atoms with Crippen LogP contribution in [0.4, 0.5) is 20.6 Å². The molecule has 0 aromatic heterocycles. The summed E-state index contributed by atoms with van der Waals surface area (Å²) >= 11 is 0. The second kappa shape index (κ2) is 8.08. The number of alkyl halides is 1. The highest BCUT2D eigenvalue weighted by molar-refractivity contribution is 5.90. The number of nitrogens with one attached hydrogen (secondary N) is 1. The van der Waals surface area contributed by atoms with Gasteiger partial charge in [0.1, 0.15) is 12.3 Å². The normalized spacial score (nSPS) is 23.9. The van der Waals surface area contributed by atoms with Crippen molar-refractivity contribution in [3.05, 3.63) is 35.9 Å². The zero-order valence-corrected chi connectivity index (χ0v) is 15.0. The molecule has 3 rings (SSSR count). The molecule has 2 heterocycles. The Morgan fingerprint density at radius 2 is 2.07 bits per heavy atom. The highest BCUT2D eigenvalue weighted by Gasteiger charge is 2.32. The van der Waals surface area contributed by atoms with E-state index in [-0.39, 0.29) is 25.1 Å². The first-order valence-corrected chi connectivity index (χ1v) is 8.78. The van der Waals surface area contributed by atoms with Crippen LogP contribution in [0.2, 0.25) is 0 Å². The zero-order chi connectivity index (χ0) is 19.4. The summed E-state index contributed by atoms with van der Waals surface area (Å²) in [4.78, 5) is 26.5. The largest absolute Gasteiger partial charge is 0.442 e. The number of carbonyl (C=O) groups excluding carboxylic acids is 2. The first kappa shape index (κ1) is 18.7. The van der Waals surface area contributed by atoms with Crippen molar-refractivity contribution < 1.29 is 18.7 Å². The van der Waals surface area contributed by atoms with Gasteiger partial charge in [0.05, 0.1) is 25.7 Å². The maximum atomic E-state index is 14.2. The van der Waals surface area contributed by atoms with Crippen molar-refractivity contribution in [2.75, 3.05) is 36.0 Å². The van der Waals surface area contributed by atoms with E-state index in [0.717, 1.165) is 5.69 Å². The quantitative estimate of drug-likeness (QED) is 0.819. The maximum absolute atomic E-state index is 14.2. The molecule has 0 bridgehead atoms. The van der Waals surface area contributed by atoms with Gasteiger partial charge in [0.2, 0.25) is 5.91 Å². The van der Waals surface area contributed by atoms with Gasteiger partial charge in [0.25, 0.3) is 0 Å². The van der Waals surface area contributed by atoms with Crippen LogP contribution in [0.5, 0.6) is 0 Å². The van der Waals surface area contributed by atoms with E-state index in [1.165, 1.54) is 17.9 Å². The van der Waals surface area contributed by atoms with Crippen LogP contribution in [0, 0.1) is 11.3 Å². The molecule has 2 aliphatic heterocycles. The minimum absolute atomic E-state index is 0.172. The van der Waals surface area contributed by atoms with E-state index in [0.29, 0.717) is 30.8 Å². The van der Waals surface area contributed by atoms with Gasteiger partial charge in [-0.05, 0) is 36.3 Å². The highest BCUT2D eigenvalue weighted by Crippen LogP contribution is 2.28. The Morgan fingerprint density at radius 3 is 2.70 bits per heavy atom. The summed E-state index contributed by atoms with van der Waals surface area (Å²) in [7, 11) is 0. The summed E-state index contributed by atoms with van der Waals surface area (Å²) in [6.45, 7) is 2.89. The highest BCUT2D eigenvalue weighted by atomic mass is 19.1. The Labute approximate surface area is 157 Å². The van der Waals surface area contributed by atoms with E-state index >= 15 is 0 Å². The van der Waals surface area contributed by atoms with Gasteiger partial charge in [-0.15, -0.1) is 0 Å². The number of cyclic esters (lactones) is 1. The van der Waals surface area contributed by atoms with Gasteiger partial charge >= 0.3 is 6.09 Å². The number of anilines is 2. The molecule has 2 atom stereocenters. The first-order chi connectivity index (χ1) is 13.0. The minimum atomic E-state index is -1.15. The van der Waals surface area contributed by atoms with Crippen LogP contribution in [-0.4, -0.2) is 50.5 Å².